The van der Waals surface area contributed by atoms with E-state index in [2.05, 4.69) is 5.32 Å². The lowest BCUT2D eigenvalue weighted by Crippen LogP contribution is -2.37. The second-order valence-electron chi connectivity index (χ2n) is 7.93. The van der Waals surface area contributed by atoms with Gasteiger partial charge in [0.25, 0.3) is 11.8 Å². The van der Waals surface area contributed by atoms with Gasteiger partial charge in [-0.1, -0.05) is 0 Å². The lowest BCUT2D eigenvalue weighted by Gasteiger charge is -2.25. The Morgan fingerprint density at radius 1 is 1.11 bits per heavy atom. The largest absolute Gasteiger partial charge is 0.351 e. The third kappa shape index (κ3) is 6.07. The second-order valence-corrected chi connectivity index (χ2v) is 11.0. The molecular formula is C22H25N7O6S2. The highest BCUT2D eigenvalue weighted by molar-refractivity contribution is 7.89. The van der Waals surface area contributed by atoms with Crippen molar-refractivity contribution in [1.29, 1.82) is 10.8 Å². The molecule has 37 heavy (non-hydrogen) atoms. The third-order valence-electron chi connectivity index (χ3n) is 5.54. The molecule has 6 N–H and O–H groups in total. The molecular weight excluding hydrogens is 522 g/mol. The van der Waals surface area contributed by atoms with Crippen LogP contribution in [0.4, 0.5) is 9.80 Å². The minimum atomic E-state index is -4.00. The van der Waals surface area contributed by atoms with Crippen LogP contribution in [0.25, 0.3) is 0 Å². The topological polar surface area (TPSA) is 207 Å². The summed E-state index contributed by atoms with van der Waals surface area (Å²) >= 11 is 1.10. The number of carbonyl (C=O) groups excluding carboxylic acids is 4. The summed E-state index contributed by atoms with van der Waals surface area (Å²) in [5.74, 6) is -1.55. The molecule has 1 aliphatic heterocycles. The number of thiophene rings is 1. The molecule has 0 radical (unpaired) electrons. The van der Waals surface area contributed by atoms with Gasteiger partial charge >= 0.3 is 6.03 Å². The molecule has 0 spiro atoms. The highest BCUT2D eigenvalue weighted by atomic mass is 32.2. The van der Waals surface area contributed by atoms with Crippen LogP contribution in [0.1, 0.15) is 38.1 Å². The summed E-state index contributed by atoms with van der Waals surface area (Å²) in [7, 11) is -4.00. The van der Waals surface area contributed by atoms with Gasteiger partial charge in [0.1, 0.15) is 5.00 Å². The van der Waals surface area contributed by atoms with Crippen molar-refractivity contribution < 1.29 is 27.6 Å². The molecule has 13 nitrogen and oxygen atoms in total. The minimum Gasteiger partial charge on any atom is -0.351 e. The van der Waals surface area contributed by atoms with Crippen molar-refractivity contribution in [2.45, 2.75) is 24.8 Å². The first-order valence-corrected chi connectivity index (χ1v) is 13.2. The summed E-state index contributed by atoms with van der Waals surface area (Å²) < 4.78 is 26.5. The maximum absolute atomic E-state index is 13.0. The molecule has 0 bridgehead atoms. The summed E-state index contributed by atoms with van der Waals surface area (Å²) in [4.78, 5) is 51.0. The molecule has 0 saturated heterocycles. The van der Waals surface area contributed by atoms with E-state index in [4.69, 9.17) is 16.6 Å². The Morgan fingerprint density at radius 2 is 1.73 bits per heavy atom. The first-order valence-electron chi connectivity index (χ1n) is 10.9. The highest BCUT2D eigenvalue weighted by Crippen LogP contribution is 2.37. The first-order chi connectivity index (χ1) is 17.5. The number of rotatable bonds is 9. The first kappa shape index (κ1) is 27.6. The van der Waals surface area contributed by atoms with Gasteiger partial charge in [-0.15, -0.1) is 11.3 Å². The fourth-order valence-electron chi connectivity index (χ4n) is 3.75. The van der Waals surface area contributed by atoms with Crippen LogP contribution in [0.3, 0.4) is 0 Å². The lowest BCUT2D eigenvalue weighted by molar-refractivity contribution is -0.129. The van der Waals surface area contributed by atoms with E-state index < -0.39 is 27.9 Å². The standard InChI is InChI=1S/C22H25N7O6S2/c1-13(30)28-9-6-16-17(12-28)36-21(18(16)20(32)27-22(25)33)26-19(31)14-2-4-15(5-3-14)37(34,35)29(10-7-23)11-8-24/h2-5,7-8,23-24H,6,9-12H2,1H3,(H,26,31)(H3,25,27,32,33). The number of carbonyl (C=O) groups is 4. The number of nitrogens with one attached hydrogen (secondary N) is 4. The number of primary amides is 1. The predicted molar refractivity (Wildman–Crippen MR) is 137 cm³/mol. The van der Waals surface area contributed by atoms with E-state index in [9.17, 15) is 27.6 Å². The third-order valence-corrected chi connectivity index (χ3v) is 8.52. The molecule has 0 fully saturated rings. The molecule has 0 unspecified atom stereocenters. The van der Waals surface area contributed by atoms with Gasteiger partial charge in [-0.25, -0.2) is 13.2 Å². The Labute approximate surface area is 216 Å². The molecule has 3 rings (SSSR count). The number of nitrogens with zero attached hydrogens (tertiary/aromatic N) is 2. The van der Waals surface area contributed by atoms with Crippen molar-refractivity contribution in [3.63, 3.8) is 0 Å². The van der Waals surface area contributed by atoms with Gasteiger partial charge in [-0.05, 0) is 36.2 Å². The molecule has 0 atom stereocenters. The zero-order valence-electron chi connectivity index (χ0n) is 19.7. The molecule has 5 amide bonds. The van der Waals surface area contributed by atoms with Crippen LogP contribution in [0.2, 0.25) is 0 Å². The molecule has 196 valence electrons. The minimum absolute atomic E-state index is 0.0866. The molecule has 15 heteroatoms. The van der Waals surface area contributed by atoms with Crippen LogP contribution in [0.15, 0.2) is 29.2 Å². The average Bonchev–Trinajstić information content (AvgIpc) is 3.20. The Bertz CT molecular complexity index is 1360. The number of anilines is 1. The van der Waals surface area contributed by atoms with Crippen molar-refractivity contribution in [1.82, 2.24) is 14.5 Å². The van der Waals surface area contributed by atoms with Crippen LogP contribution < -0.4 is 16.4 Å². The van der Waals surface area contributed by atoms with Crippen LogP contribution in [0.5, 0.6) is 0 Å². The zero-order valence-corrected chi connectivity index (χ0v) is 21.4. The van der Waals surface area contributed by atoms with E-state index >= 15 is 0 Å². The van der Waals surface area contributed by atoms with Gasteiger partial charge in [0, 0.05) is 49.4 Å². The molecule has 0 aliphatic carbocycles. The number of nitrogens with two attached hydrogens (primary N) is 1. The number of fused-ring (bicyclic) bond motifs is 1. The van der Waals surface area contributed by atoms with Crippen molar-refractivity contribution in [2.24, 2.45) is 5.73 Å². The summed E-state index contributed by atoms with van der Waals surface area (Å²) in [5, 5.41) is 19.2. The fraction of sp³-hybridized carbons (Fsp3) is 0.273. The van der Waals surface area contributed by atoms with E-state index in [-0.39, 0.29) is 46.6 Å². The Kier molecular flexibility index (Phi) is 8.52. The highest BCUT2D eigenvalue weighted by Gasteiger charge is 2.30. The maximum atomic E-state index is 13.0. The molecule has 0 saturated carbocycles. The molecule has 1 aromatic heterocycles. The van der Waals surface area contributed by atoms with Gasteiger partial charge < -0.3 is 26.8 Å². The summed E-state index contributed by atoms with van der Waals surface area (Å²) in [6.45, 7) is 1.63. The van der Waals surface area contributed by atoms with E-state index in [0.717, 1.165) is 28.1 Å². The predicted octanol–water partition coefficient (Wildman–Crippen LogP) is 1.00. The fourth-order valence-corrected chi connectivity index (χ4v) is 6.33. The van der Waals surface area contributed by atoms with Gasteiger partial charge in [-0.3, -0.25) is 19.7 Å². The SMILES string of the molecule is CC(=O)N1CCc2c(sc(NC(=O)c3ccc(S(=O)(=O)N(CC=N)CC=N)cc3)c2C(=O)NC(N)=O)C1. The van der Waals surface area contributed by atoms with E-state index in [1.807, 2.05) is 5.32 Å². The molecule has 1 aromatic carbocycles. The zero-order chi connectivity index (χ0) is 27.3. The number of amides is 5. The van der Waals surface area contributed by atoms with E-state index in [1.165, 1.54) is 31.2 Å². The number of sulfonamides is 1. The Hall–Kier alpha value is -3.95. The normalized spacial score (nSPS) is 13.0. The Balaban J connectivity index is 1.89. The van der Waals surface area contributed by atoms with Gasteiger partial charge in [0.05, 0.1) is 17.0 Å². The average molecular weight is 548 g/mol. The van der Waals surface area contributed by atoms with Crippen molar-refractivity contribution in [3.8, 4) is 0 Å². The van der Waals surface area contributed by atoms with Gasteiger partial charge in [-0.2, -0.15) is 4.31 Å². The second kappa shape index (κ2) is 11.4. The van der Waals surface area contributed by atoms with Crippen molar-refractivity contribution >= 4 is 62.5 Å². The maximum Gasteiger partial charge on any atom is 0.319 e. The summed E-state index contributed by atoms with van der Waals surface area (Å²) in [6, 6.07) is 4.00. The number of benzene rings is 1. The molecule has 2 heterocycles. The lowest BCUT2D eigenvalue weighted by atomic mass is 10.0. The monoisotopic (exact) mass is 547 g/mol. The van der Waals surface area contributed by atoms with Crippen LogP contribution in [-0.2, 0) is 27.8 Å². The summed E-state index contributed by atoms with van der Waals surface area (Å²) in [6.07, 6.45) is 2.16. The molecule has 2 aromatic rings. The van der Waals surface area contributed by atoms with E-state index in [1.54, 1.807) is 4.90 Å². The Morgan fingerprint density at radius 3 is 2.27 bits per heavy atom. The molecule has 1 aliphatic rings. The van der Waals surface area contributed by atoms with Crippen molar-refractivity contribution in [3.05, 3.63) is 45.8 Å². The summed E-state index contributed by atoms with van der Waals surface area (Å²) in [5.41, 5.74) is 5.90. The number of hydrogen-bond acceptors (Lipinski definition) is 9. The van der Waals surface area contributed by atoms with Crippen LogP contribution in [0, 0.1) is 10.8 Å². The number of urea groups is 1. The quantitative estimate of drug-likeness (QED) is 0.289. The van der Waals surface area contributed by atoms with Crippen molar-refractivity contribution in [2.75, 3.05) is 25.0 Å². The number of imide groups is 1. The van der Waals surface area contributed by atoms with Crippen LogP contribution in [-0.4, -0.2) is 73.4 Å². The van der Waals surface area contributed by atoms with Crippen LogP contribution >= 0.6 is 11.3 Å². The smallest absolute Gasteiger partial charge is 0.319 e. The van der Waals surface area contributed by atoms with Gasteiger partial charge in [0.2, 0.25) is 15.9 Å². The van der Waals surface area contributed by atoms with E-state index in [0.29, 0.717) is 23.4 Å². The van der Waals surface area contributed by atoms with Gasteiger partial charge in [0.15, 0.2) is 0 Å². The number of hydrogen-bond donors (Lipinski definition) is 5.